The molecular formula is C22H18N4S2. The molecule has 0 radical (unpaired) electrons. The maximum Gasteiger partial charge on any atom is 0.199 e. The predicted molar refractivity (Wildman–Crippen MR) is 116 cm³/mol. The first-order chi connectivity index (χ1) is 13.8. The number of H-pyrrole nitrogens is 1. The lowest BCUT2D eigenvalue weighted by molar-refractivity contribution is 0.802. The lowest BCUT2D eigenvalue weighted by atomic mass is 10.2. The zero-order valence-electron chi connectivity index (χ0n) is 15.1. The van der Waals surface area contributed by atoms with Gasteiger partial charge in [-0.25, -0.2) is 0 Å². The van der Waals surface area contributed by atoms with Crippen LogP contribution in [0.25, 0.3) is 5.69 Å². The van der Waals surface area contributed by atoms with E-state index in [0.29, 0.717) is 4.77 Å². The molecule has 0 unspecified atom stereocenters. The minimum atomic E-state index is 0.621. The fraction of sp³-hybridized carbons (Fsp3) is 0.0909. The predicted octanol–water partition coefficient (Wildman–Crippen LogP) is 5.78. The van der Waals surface area contributed by atoms with Gasteiger partial charge in [-0.05, 0) is 48.6 Å². The summed E-state index contributed by atoms with van der Waals surface area (Å²) in [5, 5.41) is 7.46. The van der Waals surface area contributed by atoms with E-state index in [1.54, 1.807) is 0 Å². The van der Waals surface area contributed by atoms with Crippen LogP contribution in [0, 0.1) is 4.77 Å². The van der Waals surface area contributed by atoms with Crippen LogP contribution < -0.4 is 4.90 Å². The van der Waals surface area contributed by atoms with Crippen molar-refractivity contribution < 1.29 is 0 Å². The molecule has 0 spiro atoms. The first kappa shape index (κ1) is 17.3. The summed E-state index contributed by atoms with van der Waals surface area (Å²) in [6.45, 7) is 0.820. The summed E-state index contributed by atoms with van der Waals surface area (Å²) in [5.41, 5.74) is 3.52. The summed E-state index contributed by atoms with van der Waals surface area (Å²) in [5.74, 6) is 0.935. The summed E-state index contributed by atoms with van der Waals surface area (Å²) in [6, 6.07) is 27.3. The van der Waals surface area contributed by atoms with Gasteiger partial charge in [0.2, 0.25) is 0 Å². The van der Waals surface area contributed by atoms with Crippen LogP contribution >= 0.6 is 24.0 Å². The van der Waals surface area contributed by atoms with E-state index in [2.05, 4.69) is 75.8 Å². The second-order valence-electron chi connectivity index (χ2n) is 6.56. The highest BCUT2D eigenvalue weighted by molar-refractivity contribution is 7.99. The Hall–Kier alpha value is -2.83. The van der Waals surface area contributed by atoms with E-state index >= 15 is 0 Å². The molecule has 0 amide bonds. The number of nitrogens with one attached hydrogen (secondary N) is 1. The van der Waals surface area contributed by atoms with Gasteiger partial charge in [0.25, 0.3) is 0 Å². The first-order valence-corrected chi connectivity index (χ1v) is 10.4. The Balaban J connectivity index is 1.50. The van der Waals surface area contributed by atoms with Gasteiger partial charge in [0.1, 0.15) is 5.82 Å². The van der Waals surface area contributed by atoms with Crippen LogP contribution in [0.2, 0.25) is 0 Å². The number of rotatable bonds is 4. The molecule has 1 aliphatic heterocycles. The van der Waals surface area contributed by atoms with Crippen molar-refractivity contribution in [2.24, 2.45) is 0 Å². The third-order valence-electron chi connectivity index (χ3n) is 4.85. The number of aromatic amines is 1. The van der Waals surface area contributed by atoms with Crippen molar-refractivity contribution >= 4 is 35.4 Å². The quantitative estimate of drug-likeness (QED) is 0.439. The molecule has 6 heteroatoms. The third kappa shape index (κ3) is 3.04. The van der Waals surface area contributed by atoms with E-state index in [-0.39, 0.29) is 0 Å². The first-order valence-electron chi connectivity index (χ1n) is 9.16. The number of hydrogen-bond donors (Lipinski definition) is 1. The van der Waals surface area contributed by atoms with Crippen LogP contribution in [-0.2, 0) is 6.42 Å². The van der Waals surface area contributed by atoms with E-state index in [4.69, 9.17) is 12.2 Å². The number of fused-ring (bicyclic) bond motifs is 2. The van der Waals surface area contributed by atoms with Crippen molar-refractivity contribution in [3.63, 3.8) is 0 Å². The van der Waals surface area contributed by atoms with Gasteiger partial charge in [0, 0.05) is 28.4 Å². The number of hydrogen-bond acceptors (Lipinski definition) is 4. The molecule has 0 bridgehead atoms. The zero-order valence-corrected chi connectivity index (χ0v) is 16.7. The van der Waals surface area contributed by atoms with E-state index in [0.717, 1.165) is 24.5 Å². The van der Waals surface area contributed by atoms with E-state index in [9.17, 15) is 0 Å². The molecule has 0 atom stereocenters. The Kier molecular flexibility index (Phi) is 4.50. The standard InChI is InChI=1S/C22H18N4S2/c27-22-24-23-21(26(22)16-8-2-1-3-9-16)14-15-25-17-10-4-6-12-19(17)28-20-13-7-5-11-18(20)25/h1-13H,14-15H2,(H,24,27). The van der Waals surface area contributed by atoms with Crippen LogP contribution in [0.1, 0.15) is 5.82 Å². The van der Waals surface area contributed by atoms with Gasteiger partial charge in [0.05, 0.1) is 11.4 Å². The van der Waals surface area contributed by atoms with Crippen LogP contribution in [0.3, 0.4) is 0 Å². The molecule has 1 aromatic heterocycles. The highest BCUT2D eigenvalue weighted by atomic mass is 32.2. The molecule has 0 saturated carbocycles. The summed E-state index contributed by atoms with van der Waals surface area (Å²) in [7, 11) is 0. The third-order valence-corrected chi connectivity index (χ3v) is 6.25. The summed E-state index contributed by atoms with van der Waals surface area (Å²) >= 11 is 7.31. The van der Waals surface area contributed by atoms with Crippen molar-refractivity contribution in [1.29, 1.82) is 0 Å². The van der Waals surface area contributed by atoms with Gasteiger partial charge in [-0.1, -0.05) is 54.2 Å². The van der Waals surface area contributed by atoms with Gasteiger partial charge >= 0.3 is 0 Å². The molecule has 1 aliphatic rings. The van der Waals surface area contributed by atoms with Gasteiger partial charge in [-0.15, -0.1) is 0 Å². The smallest absolute Gasteiger partial charge is 0.199 e. The topological polar surface area (TPSA) is 36.9 Å². The van der Waals surface area contributed by atoms with Crippen LogP contribution in [0.4, 0.5) is 11.4 Å². The minimum Gasteiger partial charge on any atom is -0.339 e. The summed E-state index contributed by atoms with van der Waals surface area (Å²) in [6.07, 6.45) is 0.773. The molecule has 4 aromatic rings. The number of para-hydroxylation sites is 3. The highest BCUT2D eigenvalue weighted by Crippen LogP contribution is 2.47. The molecule has 28 heavy (non-hydrogen) atoms. The Labute approximate surface area is 172 Å². The molecule has 0 saturated heterocycles. The van der Waals surface area contributed by atoms with Crippen LogP contribution in [0.5, 0.6) is 0 Å². The molecular weight excluding hydrogens is 384 g/mol. The molecule has 4 nitrogen and oxygen atoms in total. The van der Waals surface area contributed by atoms with Crippen LogP contribution in [0.15, 0.2) is 88.7 Å². The fourth-order valence-corrected chi connectivity index (χ4v) is 4.93. The minimum absolute atomic E-state index is 0.621. The van der Waals surface area contributed by atoms with E-state index < -0.39 is 0 Å². The van der Waals surface area contributed by atoms with Crippen molar-refractivity contribution in [3.8, 4) is 5.69 Å². The number of aromatic nitrogens is 3. The monoisotopic (exact) mass is 402 g/mol. The average molecular weight is 403 g/mol. The molecule has 0 fully saturated rings. The Bertz CT molecular complexity index is 1130. The normalized spacial score (nSPS) is 12.5. The summed E-state index contributed by atoms with van der Waals surface area (Å²) < 4.78 is 2.64. The van der Waals surface area contributed by atoms with Gasteiger partial charge in [-0.2, -0.15) is 5.10 Å². The molecule has 0 aliphatic carbocycles. The Morgan fingerprint density at radius 1 is 0.821 bits per heavy atom. The van der Waals surface area contributed by atoms with Crippen molar-refractivity contribution in [2.45, 2.75) is 16.2 Å². The zero-order chi connectivity index (χ0) is 18.9. The Morgan fingerprint density at radius 2 is 1.43 bits per heavy atom. The largest absolute Gasteiger partial charge is 0.339 e. The average Bonchev–Trinajstić information content (AvgIpc) is 3.12. The van der Waals surface area contributed by atoms with Crippen LogP contribution in [-0.4, -0.2) is 21.3 Å². The Morgan fingerprint density at radius 3 is 2.11 bits per heavy atom. The highest BCUT2D eigenvalue weighted by Gasteiger charge is 2.23. The van der Waals surface area contributed by atoms with Crippen molar-refractivity contribution in [3.05, 3.63) is 89.5 Å². The van der Waals surface area contributed by atoms with E-state index in [1.165, 1.54) is 21.2 Å². The number of benzene rings is 3. The van der Waals surface area contributed by atoms with Gasteiger partial charge < -0.3 is 4.90 Å². The second-order valence-corrected chi connectivity index (χ2v) is 8.03. The maximum atomic E-state index is 5.48. The van der Waals surface area contributed by atoms with Gasteiger partial charge in [-0.3, -0.25) is 9.67 Å². The van der Waals surface area contributed by atoms with Gasteiger partial charge in [0.15, 0.2) is 4.77 Å². The molecule has 138 valence electrons. The molecule has 3 aromatic carbocycles. The SMILES string of the molecule is S=c1[nH]nc(CCN2c3ccccc3Sc3ccccc32)n1-c1ccccc1. The molecule has 1 N–H and O–H groups in total. The number of anilines is 2. The molecule has 2 heterocycles. The fourth-order valence-electron chi connectivity index (χ4n) is 3.57. The second kappa shape index (κ2) is 7.30. The molecule has 5 rings (SSSR count). The maximum absolute atomic E-state index is 5.48. The summed E-state index contributed by atoms with van der Waals surface area (Å²) in [4.78, 5) is 4.94. The lowest BCUT2D eigenvalue weighted by Crippen LogP contribution is -2.24. The lowest BCUT2D eigenvalue weighted by Gasteiger charge is -2.32. The van der Waals surface area contributed by atoms with E-state index in [1.807, 2.05) is 34.5 Å². The van der Waals surface area contributed by atoms with Crippen molar-refractivity contribution in [1.82, 2.24) is 14.8 Å². The van der Waals surface area contributed by atoms with Crippen molar-refractivity contribution in [2.75, 3.05) is 11.4 Å². The number of nitrogens with zero attached hydrogens (tertiary/aromatic N) is 3.